The van der Waals surface area contributed by atoms with Crippen LogP contribution in [0.1, 0.15) is 10.4 Å². The fourth-order valence-electron chi connectivity index (χ4n) is 1.46. The number of anilines is 1. The van der Waals surface area contributed by atoms with Crippen molar-refractivity contribution in [1.82, 2.24) is 4.98 Å². The lowest BCUT2D eigenvalue weighted by molar-refractivity contribution is -0.387. The van der Waals surface area contributed by atoms with Crippen LogP contribution < -0.4 is 5.32 Å². The number of pyridine rings is 1. The second kappa shape index (κ2) is 5.39. The van der Waals surface area contributed by atoms with Crippen molar-refractivity contribution >= 4 is 17.4 Å². The average Bonchev–Trinajstić information content (AvgIpc) is 2.38. The molecule has 0 unspecified atom stereocenters. The van der Waals surface area contributed by atoms with Gasteiger partial charge in [-0.05, 0) is 24.3 Å². The summed E-state index contributed by atoms with van der Waals surface area (Å²) in [6, 6.07) is 6.49. The molecule has 0 aliphatic rings. The number of hydrogen-bond acceptors (Lipinski definition) is 4. The van der Waals surface area contributed by atoms with Gasteiger partial charge in [0.1, 0.15) is 5.82 Å². The van der Waals surface area contributed by atoms with Crippen molar-refractivity contribution in [3.63, 3.8) is 0 Å². The molecule has 8 heteroatoms. The molecule has 0 spiro atoms. The van der Waals surface area contributed by atoms with Crippen LogP contribution in [-0.4, -0.2) is 15.8 Å². The summed E-state index contributed by atoms with van der Waals surface area (Å²) < 4.78 is 26.2. The molecule has 1 amide bonds. The zero-order chi connectivity index (χ0) is 14.7. The Bertz CT molecular complexity index is 691. The predicted octanol–water partition coefficient (Wildman–Crippen LogP) is 2.52. The van der Waals surface area contributed by atoms with Crippen molar-refractivity contribution in [2.24, 2.45) is 0 Å². The molecule has 0 atom stereocenters. The third-order valence-electron chi connectivity index (χ3n) is 2.36. The minimum atomic E-state index is -1.13. The summed E-state index contributed by atoms with van der Waals surface area (Å²) in [6.45, 7) is 0. The maximum atomic E-state index is 13.4. The van der Waals surface area contributed by atoms with Crippen molar-refractivity contribution in [2.45, 2.75) is 0 Å². The third kappa shape index (κ3) is 2.91. The average molecular weight is 279 g/mol. The Kier molecular flexibility index (Phi) is 3.65. The largest absolute Gasteiger partial charge is 0.306 e. The van der Waals surface area contributed by atoms with Gasteiger partial charge < -0.3 is 5.32 Å². The molecule has 6 nitrogen and oxygen atoms in total. The standard InChI is InChI=1S/C12H7F2N3O3/c13-8-6-7(4-5-9(8)17(19)20)12(18)16-11-3-1-2-10(14)15-11/h1-6H,(H,15,16,18). The Labute approximate surface area is 111 Å². The molecular weight excluding hydrogens is 272 g/mol. The van der Waals surface area contributed by atoms with Gasteiger partial charge in [-0.15, -0.1) is 0 Å². The normalized spacial score (nSPS) is 10.1. The van der Waals surface area contributed by atoms with Crippen LogP contribution >= 0.6 is 0 Å². The van der Waals surface area contributed by atoms with E-state index in [1.165, 1.54) is 12.1 Å². The Morgan fingerprint density at radius 1 is 1.25 bits per heavy atom. The molecule has 0 saturated carbocycles. The second-order valence-corrected chi connectivity index (χ2v) is 3.72. The summed E-state index contributed by atoms with van der Waals surface area (Å²) in [4.78, 5) is 24.7. The smallest absolute Gasteiger partial charge is 0.304 e. The van der Waals surface area contributed by atoms with Crippen LogP contribution in [0.25, 0.3) is 0 Å². The lowest BCUT2D eigenvalue weighted by Gasteiger charge is -2.04. The topological polar surface area (TPSA) is 85.1 Å². The van der Waals surface area contributed by atoms with E-state index >= 15 is 0 Å². The Morgan fingerprint density at radius 3 is 2.60 bits per heavy atom. The molecule has 1 aromatic carbocycles. The van der Waals surface area contributed by atoms with E-state index in [0.29, 0.717) is 0 Å². The highest BCUT2D eigenvalue weighted by Crippen LogP contribution is 2.18. The van der Waals surface area contributed by atoms with Crippen LogP contribution in [0, 0.1) is 21.9 Å². The van der Waals surface area contributed by atoms with E-state index < -0.39 is 28.3 Å². The van der Waals surface area contributed by atoms with E-state index in [-0.39, 0.29) is 11.4 Å². The van der Waals surface area contributed by atoms with Gasteiger partial charge in [0.05, 0.1) is 4.92 Å². The van der Waals surface area contributed by atoms with Crippen molar-refractivity contribution in [3.05, 3.63) is 63.8 Å². The maximum absolute atomic E-state index is 13.4. The summed E-state index contributed by atoms with van der Waals surface area (Å²) in [5.41, 5.74) is -0.871. The van der Waals surface area contributed by atoms with E-state index in [4.69, 9.17) is 0 Å². The number of nitrogens with zero attached hydrogens (tertiary/aromatic N) is 2. The SMILES string of the molecule is O=C(Nc1cccc(F)n1)c1ccc([N+](=O)[O-])c(F)c1. The predicted molar refractivity (Wildman–Crippen MR) is 65.2 cm³/mol. The molecule has 102 valence electrons. The molecule has 0 fully saturated rings. The van der Waals surface area contributed by atoms with Gasteiger partial charge in [0.15, 0.2) is 0 Å². The highest BCUT2D eigenvalue weighted by Gasteiger charge is 2.17. The molecule has 0 bridgehead atoms. The lowest BCUT2D eigenvalue weighted by atomic mass is 10.2. The van der Waals surface area contributed by atoms with Gasteiger partial charge in [-0.3, -0.25) is 14.9 Å². The Hall–Kier alpha value is -2.90. The fourth-order valence-corrected chi connectivity index (χ4v) is 1.46. The molecule has 2 rings (SSSR count). The molecule has 0 aliphatic carbocycles. The van der Waals surface area contributed by atoms with E-state index in [9.17, 15) is 23.7 Å². The van der Waals surface area contributed by atoms with Crippen molar-refractivity contribution < 1.29 is 18.5 Å². The first-order valence-electron chi connectivity index (χ1n) is 5.35. The minimum absolute atomic E-state index is 0.0474. The Balaban J connectivity index is 2.22. The van der Waals surface area contributed by atoms with Crippen LogP contribution in [0.2, 0.25) is 0 Å². The quantitative estimate of drug-likeness (QED) is 0.531. The summed E-state index contributed by atoms with van der Waals surface area (Å²) in [5, 5.41) is 12.7. The van der Waals surface area contributed by atoms with E-state index in [1.807, 2.05) is 0 Å². The molecule has 2 aromatic rings. The number of aromatic nitrogens is 1. The van der Waals surface area contributed by atoms with Gasteiger partial charge in [-0.25, -0.2) is 4.98 Å². The van der Waals surface area contributed by atoms with Gasteiger partial charge >= 0.3 is 5.69 Å². The van der Waals surface area contributed by atoms with Crippen LogP contribution in [0.5, 0.6) is 0 Å². The number of rotatable bonds is 3. The number of nitro groups is 1. The molecular formula is C12H7F2N3O3. The first-order valence-corrected chi connectivity index (χ1v) is 5.35. The van der Waals surface area contributed by atoms with Gasteiger partial charge in [-0.1, -0.05) is 6.07 Å². The van der Waals surface area contributed by atoms with Gasteiger partial charge in [0, 0.05) is 11.6 Å². The highest BCUT2D eigenvalue weighted by molar-refractivity contribution is 6.03. The summed E-state index contributed by atoms with van der Waals surface area (Å²) in [7, 11) is 0. The van der Waals surface area contributed by atoms with E-state index in [0.717, 1.165) is 24.3 Å². The zero-order valence-corrected chi connectivity index (χ0v) is 9.84. The molecule has 0 radical (unpaired) electrons. The first-order chi connectivity index (χ1) is 9.47. The first kappa shape index (κ1) is 13.5. The summed E-state index contributed by atoms with van der Waals surface area (Å²) in [6.07, 6.45) is 0. The summed E-state index contributed by atoms with van der Waals surface area (Å²) >= 11 is 0. The highest BCUT2D eigenvalue weighted by atomic mass is 19.1. The van der Waals surface area contributed by atoms with E-state index in [1.54, 1.807) is 0 Å². The van der Waals surface area contributed by atoms with Crippen LogP contribution in [0.3, 0.4) is 0 Å². The van der Waals surface area contributed by atoms with Crippen LogP contribution in [-0.2, 0) is 0 Å². The van der Waals surface area contributed by atoms with Crippen LogP contribution in [0.15, 0.2) is 36.4 Å². The number of nitrogens with one attached hydrogen (secondary N) is 1. The third-order valence-corrected chi connectivity index (χ3v) is 2.36. The molecule has 0 aliphatic heterocycles. The van der Waals surface area contributed by atoms with Gasteiger partial charge in [0.2, 0.25) is 11.8 Å². The van der Waals surface area contributed by atoms with Crippen molar-refractivity contribution in [1.29, 1.82) is 0 Å². The van der Waals surface area contributed by atoms with E-state index in [2.05, 4.69) is 10.3 Å². The Morgan fingerprint density at radius 2 is 2.00 bits per heavy atom. The monoisotopic (exact) mass is 279 g/mol. The zero-order valence-electron chi connectivity index (χ0n) is 9.84. The second-order valence-electron chi connectivity index (χ2n) is 3.72. The van der Waals surface area contributed by atoms with Crippen LogP contribution in [0.4, 0.5) is 20.3 Å². The molecule has 0 saturated heterocycles. The maximum Gasteiger partial charge on any atom is 0.304 e. The van der Waals surface area contributed by atoms with Gasteiger partial charge in [0.25, 0.3) is 5.91 Å². The molecule has 1 aromatic heterocycles. The fraction of sp³-hybridized carbons (Fsp3) is 0. The van der Waals surface area contributed by atoms with Crippen molar-refractivity contribution in [2.75, 3.05) is 5.32 Å². The number of carbonyl (C=O) groups is 1. The molecule has 20 heavy (non-hydrogen) atoms. The molecule has 1 heterocycles. The molecule has 1 N–H and O–H groups in total. The summed E-state index contributed by atoms with van der Waals surface area (Å²) in [5.74, 6) is -2.71. The lowest BCUT2D eigenvalue weighted by Crippen LogP contribution is -2.13. The number of hydrogen-bond donors (Lipinski definition) is 1. The minimum Gasteiger partial charge on any atom is -0.306 e. The van der Waals surface area contributed by atoms with Crippen molar-refractivity contribution in [3.8, 4) is 0 Å². The number of nitro benzene ring substituents is 1. The number of benzene rings is 1. The number of halogens is 2. The number of carbonyl (C=O) groups excluding carboxylic acids is 1. The van der Waals surface area contributed by atoms with Gasteiger partial charge in [-0.2, -0.15) is 8.78 Å². The number of amides is 1.